The Labute approximate surface area is 135 Å². The number of carboxylic acid groups (broad SMARTS) is 1. The van der Waals surface area contributed by atoms with Crippen LogP contribution in [0.2, 0.25) is 0 Å². The van der Waals surface area contributed by atoms with E-state index in [4.69, 9.17) is 0 Å². The predicted molar refractivity (Wildman–Crippen MR) is 91.3 cm³/mol. The van der Waals surface area contributed by atoms with E-state index in [1.54, 1.807) is 0 Å². The summed E-state index contributed by atoms with van der Waals surface area (Å²) in [6.45, 7) is 0.544. The first-order valence-electron chi connectivity index (χ1n) is 7.68. The number of carbonyl (C=O) groups is 1. The Morgan fingerprint density at radius 3 is 2.57 bits per heavy atom. The van der Waals surface area contributed by atoms with Crippen molar-refractivity contribution < 1.29 is 9.90 Å². The molecule has 0 saturated carbocycles. The van der Waals surface area contributed by atoms with Crippen LogP contribution in [0.4, 0.5) is 0 Å². The fraction of sp³-hybridized carbons (Fsp3) is 0.211. The fourth-order valence-electron chi connectivity index (χ4n) is 2.89. The number of para-hydroxylation sites is 1. The van der Waals surface area contributed by atoms with Crippen LogP contribution in [0.1, 0.15) is 11.1 Å². The minimum absolute atomic E-state index is 0.462. The second-order valence-electron chi connectivity index (χ2n) is 5.74. The molecule has 0 aliphatic carbocycles. The summed E-state index contributed by atoms with van der Waals surface area (Å²) < 4.78 is 2.04. The van der Waals surface area contributed by atoms with Crippen molar-refractivity contribution in [2.75, 3.05) is 0 Å². The number of carboxylic acids is 1. The monoisotopic (exact) mass is 308 g/mol. The van der Waals surface area contributed by atoms with E-state index < -0.39 is 12.0 Å². The van der Waals surface area contributed by atoms with E-state index >= 15 is 0 Å². The van der Waals surface area contributed by atoms with Crippen LogP contribution >= 0.6 is 0 Å². The van der Waals surface area contributed by atoms with Gasteiger partial charge in [-0.3, -0.25) is 4.79 Å². The number of hydrogen-bond acceptors (Lipinski definition) is 2. The van der Waals surface area contributed by atoms with Gasteiger partial charge in [-0.05, 0) is 17.2 Å². The van der Waals surface area contributed by atoms with Crippen molar-refractivity contribution in [2.45, 2.75) is 19.0 Å². The lowest BCUT2D eigenvalue weighted by atomic mass is 10.0. The summed E-state index contributed by atoms with van der Waals surface area (Å²) in [5, 5.41) is 13.8. The standard InChI is InChI=1S/C19H20N2O2/c1-21-13-15(16-9-5-6-10-18(16)21)11-17(19(22)23)20-12-14-7-3-2-4-8-14/h2-10,13,17,20H,11-12H2,1H3,(H,22,23)/t17-/m1/s1. The van der Waals surface area contributed by atoms with Crippen molar-refractivity contribution in [3.8, 4) is 0 Å². The highest BCUT2D eigenvalue weighted by Crippen LogP contribution is 2.21. The van der Waals surface area contributed by atoms with Crippen LogP contribution < -0.4 is 5.32 Å². The summed E-state index contributed by atoms with van der Waals surface area (Å²) in [5.74, 6) is -0.825. The summed E-state index contributed by atoms with van der Waals surface area (Å²) in [4.78, 5) is 11.6. The molecule has 0 amide bonds. The van der Waals surface area contributed by atoms with E-state index in [1.807, 2.05) is 72.4 Å². The number of hydrogen-bond donors (Lipinski definition) is 2. The van der Waals surface area contributed by atoms with Crippen LogP contribution in [0, 0.1) is 0 Å². The highest BCUT2D eigenvalue weighted by Gasteiger charge is 2.19. The number of fused-ring (bicyclic) bond motifs is 1. The molecule has 4 nitrogen and oxygen atoms in total. The van der Waals surface area contributed by atoms with Gasteiger partial charge in [0.1, 0.15) is 6.04 Å². The van der Waals surface area contributed by atoms with Crippen LogP contribution in [0.15, 0.2) is 60.8 Å². The summed E-state index contributed by atoms with van der Waals surface area (Å²) in [6, 6.07) is 17.3. The average Bonchev–Trinajstić information content (AvgIpc) is 2.88. The number of aryl methyl sites for hydroxylation is 1. The molecule has 118 valence electrons. The molecule has 0 aliphatic heterocycles. The average molecular weight is 308 g/mol. The van der Waals surface area contributed by atoms with E-state index in [9.17, 15) is 9.90 Å². The second-order valence-corrected chi connectivity index (χ2v) is 5.74. The Kier molecular flexibility index (Phi) is 4.44. The first kappa shape index (κ1) is 15.3. The van der Waals surface area contributed by atoms with E-state index in [-0.39, 0.29) is 0 Å². The lowest BCUT2D eigenvalue weighted by molar-refractivity contribution is -0.139. The fourth-order valence-corrected chi connectivity index (χ4v) is 2.89. The summed E-state index contributed by atoms with van der Waals surface area (Å²) in [5.41, 5.74) is 3.25. The molecular formula is C19H20N2O2. The molecule has 0 radical (unpaired) electrons. The van der Waals surface area contributed by atoms with Gasteiger partial charge in [0, 0.05) is 37.1 Å². The van der Waals surface area contributed by atoms with Gasteiger partial charge in [-0.25, -0.2) is 0 Å². The number of nitrogens with one attached hydrogen (secondary N) is 1. The van der Waals surface area contributed by atoms with Crippen LogP contribution in [0.3, 0.4) is 0 Å². The molecular weight excluding hydrogens is 288 g/mol. The Bertz CT molecular complexity index is 809. The highest BCUT2D eigenvalue weighted by atomic mass is 16.4. The summed E-state index contributed by atoms with van der Waals surface area (Å²) in [6.07, 6.45) is 2.48. The van der Waals surface area contributed by atoms with Crippen molar-refractivity contribution in [2.24, 2.45) is 7.05 Å². The molecule has 0 unspecified atom stereocenters. The third-order valence-electron chi connectivity index (χ3n) is 4.10. The minimum Gasteiger partial charge on any atom is -0.480 e. The molecule has 3 aromatic rings. The third kappa shape index (κ3) is 3.43. The van der Waals surface area contributed by atoms with E-state index in [0.717, 1.165) is 22.0 Å². The van der Waals surface area contributed by atoms with Gasteiger partial charge < -0.3 is 15.0 Å². The molecule has 0 fully saturated rings. The van der Waals surface area contributed by atoms with Gasteiger partial charge in [0.05, 0.1) is 0 Å². The van der Waals surface area contributed by atoms with Crippen molar-refractivity contribution >= 4 is 16.9 Å². The molecule has 1 heterocycles. The Hall–Kier alpha value is -2.59. The van der Waals surface area contributed by atoms with Crippen LogP contribution in [-0.2, 0) is 24.8 Å². The smallest absolute Gasteiger partial charge is 0.321 e. The number of aliphatic carboxylic acids is 1. The predicted octanol–water partition coefficient (Wildman–Crippen LogP) is 2.96. The number of rotatable bonds is 6. The zero-order chi connectivity index (χ0) is 16.2. The topological polar surface area (TPSA) is 54.3 Å². The highest BCUT2D eigenvalue weighted by molar-refractivity contribution is 5.85. The zero-order valence-corrected chi connectivity index (χ0v) is 13.1. The van der Waals surface area contributed by atoms with Crippen molar-refractivity contribution in [3.05, 3.63) is 71.9 Å². The maximum Gasteiger partial charge on any atom is 0.321 e. The first-order valence-corrected chi connectivity index (χ1v) is 7.68. The molecule has 2 N–H and O–H groups in total. The summed E-state index contributed by atoms with van der Waals surface area (Å²) >= 11 is 0. The Balaban J connectivity index is 1.78. The largest absolute Gasteiger partial charge is 0.480 e. The number of nitrogens with zero attached hydrogens (tertiary/aromatic N) is 1. The van der Waals surface area contributed by atoms with E-state index in [0.29, 0.717) is 13.0 Å². The SMILES string of the molecule is Cn1cc(C[C@@H](NCc2ccccc2)C(=O)O)c2ccccc21. The quantitative estimate of drug-likeness (QED) is 0.736. The minimum atomic E-state index is -0.825. The van der Waals surface area contributed by atoms with Crippen LogP contribution in [0.25, 0.3) is 10.9 Å². The van der Waals surface area contributed by atoms with Gasteiger partial charge in [0.15, 0.2) is 0 Å². The molecule has 0 saturated heterocycles. The third-order valence-corrected chi connectivity index (χ3v) is 4.10. The maximum absolute atomic E-state index is 11.6. The molecule has 4 heteroatoms. The molecule has 3 rings (SSSR count). The van der Waals surface area contributed by atoms with E-state index in [2.05, 4.69) is 5.32 Å². The molecule has 1 atom stereocenters. The van der Waals surface area contributed by atoms with Crippen LogP contribution in [0.5, 0.6) is 0 Å². The van der Waals surface area contributed by atoms with Crippen LogP contribution in [-0.4, -0.2) is 21.7 Å². The lowest BCUT2D eigenvalue weighted by Crippen LogP contribution is -2.38. The van der Waals surface area contributed by atoms with Gasteiger partial charge in [0.2, 0.25) is 0 Å². The Morgan fingerprint density at radius 2 is 1.83 bits per heavy atom. The van der Waals surface area contributed by atoms with Gasteiger partial charge >= 0.3 is 5.97 Å². The summed E-state index contributed by atoms with van der Waals surface area (Å²) in [7, 11) is 1.99. The van der Waals surface area contributed by atoms with Crippen molar-refractivity contribution in [1.82, 2.24) is 9.88 Å². The Morgan fingerprint density at radius 1 is 1.13 bits per heavy atom. The van der Waals surface area contributed by atoms with Gasteiger partial charge in [-0.1, -0.05) is 48.5 Å². The normalized spacial score (nSPS) is 12.4. The lowest BCUT2D eigenvalue weighted by Gasteiger charge is -2.14. The van der Waals surface area contributed by atoms with Crippen molar-refractivity contribution in [1.29, 1.82) is 0 Å². The first-order chi connectivity index (χ1) is 11.1. The molecule has 0 spiro atoms. The molecule has 0 bridgehead atoms. The van der Waals surface area contributed by atoms with E-state index in [1.165, 1.54) is 0 Å². The van der Waals surface area contributed by atoms with Crippen molar-refractivity contribution in [3.63, 3.8) is 0 Å². The zero-order valence-electron chi connectivity index (χ0n) is 13.1. The van der Waals surface area contributed by atoms with Gasteiger partial charge in [-0.2, -0.15) is 0 Å². The number of aromatic nitrogens is 1. The molecule has 23 heavy (non-hydrogen) atoms. The molecule has 0 aliphatic rings. The molecule has 1 aromatic heterocycles. The number of benzene rings is 2. The van der Waals surface area contributed by atoms with Gasteiger partial charge in [-0.15, -0.1) is 0 Å². The molecule has 2 aromatic carbocycles. The maximum atomic E-state index is 11.6. The second kappa shape index (κ2) is 6.67. The van der Waals surface area contributed by atoms with Gasteiger partial charge in [0.25, 0.3) is 0 Å².